The summed E-state index contributed by atoms with van der Waals surface area (Å²) in [7, 11) is 0. The molecule has 0 spiro atoms. The Labute approximate surface area is 112 Å². The maximum atomic E-state index is 9.81. The van der Waals surface area contributed by atoms with Crippen molar-refractivity contribution in [2.75, 3.05) is 0 Å². The fraction of sp³-hybridized carbons (Fsp3) is 0.357. The second-order valence-corrected chi connectivity index (χ2v) is 4.73. The molecule has 0 aliphatic rings. The summed E-state index contributed by atoms with van der Waals surface area (Å²) in [5.41, 5.74) is 0.523. The van der Waals surface area contributed by atoms with Gasteiger partial charge in [-0.15, -0.1) is 0 Å². The normalized spacial score (nSPS) is 14.2. The average molecular weight is 261 g/mol. The second-order valence-electron chi connectivity index (χ2n) is 4.73. The van der Waals surface area contributed by atoms with E-state index in [-0.39, 0.29) is 23.6 Å². The first-order chi connectivity index (χ1) is 9.08. The number of phenols is 2. The van der Waals surface area contributed by atoms with Gasteiger partial charge in [-0.25, -0.2) is 0 Å². The summed E-state index contributed by atoms with van der Waals surface area (Å²) in [6, 6.07) is 6.66. The summed E-state index contributed by atoms with van der Waals surface area (Å²) in [6.07, 6.45) is 3.64. The molecule has 0 radical (unpaired) electrons. The van der Waals surface area contributed by atoms with Gasteiger partial charge in [0.25, 0.3) is 0 Å². The molecule has 0 aliphatic heterocycles. The fourth-order valence-electron chi connectivity index (χ4n) is 2.24. The van der Waals surface area contributed by atoms with E-state index in [0.29, 0.717) is 5.56 Å². The van der Waals surface area contributed by atoms with Crippen LogP contribution in [-0.2, 0) is 6.54 Å². The largest absolute Gasteiger partial charge is 0.507 e. The van der Waals surface area contributed by atoms with Gasteiger partial charge in [-0.1, -0.05) is 6.07 Å². The fourth-order valence-corrected chi connectivity index (χ4v) is 2.24. The smallest absolute Gasteiger partial charge is 0.124 e. The molecule has 3 N–H and O–H groups in total. The van der Waals surface area contributed by atoms with Gasteiger partial charge < -0.3 is 15.5 Å². The van der Waals surface area contributed by atoms with Crippen LogP contribution in [-0.4, -0.2) is 26.0 Å². The third-order valence-corrected chi connectivity index (χ3v) is 3.05. The summed E-state index contributed by atoms with van der Waals surface area (Å²) in [6.45, 7) is 4.68. The van der Waals surface area contributed by atoms with Crippen molar-refractivity contribution in [1.82, 2.24) is 15.1 Å². The van der Waals surface area contributed by atoms with Crippen LogP contribution in [0.1, 0.15) is 25.5 Å². The molecule has 1 aromatic heterocycles. The SMILES string of the molecule is CC(Cn1cccn1)NC(C)c1c(O)cccc1O. The quantitative estimate of drug-likeness (QED) is 0.770. The van der Waals surface area contributed by atoms with Gasteiger partial charge in [0.1, 0.15) is 11.5 Å². The predicted molar refractivity (Wildman–Crippen MR) is 73.0 cm³/mol. The Kier molecular flexibility index (Phi) is 4.06. The molecule has 0 amide bonds. The van der Waals surface area contributed by atoms with Crippen LogP contribution >= 0.6 is 0 Å². The van der Waals surface area contributed by atoms with Gasteiger partial charge in [0.05, 0.1) is 12.1 Å². The molecule has 5 heteroatoms. The number of rotatable bonds is 5. The lowest BCUT2D eigenvalue weighted by molar-refractivity contribution is 0.382. The molecule has 0 bridgehead atoms. The molecular formula is C14H19N3O2. The lowest BCUT2D eigenvalue weighted by atomic mass is 10.1. The van der Waals surface area contributed by atoms with E-state index in [4.69, 9.17) is 0 Å². The van der Waals surface area contributed by atoms with E-state index in [1.807, 2.05) is 30.8 Å². The minimum Gasteiger partial charge on any atom is -0.507 e. The Morgan fingerprint density at radius 2 is 1.89 bits per heavy atom. The zero-order chi connectivity index (χ0) is 13.8. The average Bonchev–Trinajstić information content (AvgIpc) is 2.81. The summed E-state index contributed by atoms with van der Waals surface area (Å²) in [5.74, 6) is 0.206. The summed E-state index contributed by atoms with van der Waals surface area (Å²) in [4.78, 5) is 0. The van der Waals surface area contributed by atoms with E-state index >= 15 is 0 Å². The third kappa shape index (κ3) is 3.26. The number of aromatic hydroxyl groups is 2. The Balaban J connectivity index is 2.02. The van der Waals surface area contributed by atoms with Crippen LogP contribution in [0.25, 0.3) is 0 Å². The highest BCUT2D eigenvalue weighted by molar-refractivity contribution is 5.44. The molecule has 19 heavy (non-hydrogen) atoms. The predicted octanol–water partition coefficient (Wildman–Crippen LogP) is 2.03. The van der Waals surface area contributed by atoms with Gasteiger partial charge in [0, 0.05) is 24.5 Å². The van der Waals surface area contributed by atoms with Crippen LogP contribution in [0, 0.1) is 0 Å². The molecule has 0 fully saturated rings. The van der Waals surface area contributed by atoms with E-state index in [1.165, 1.54) is 0 Å². The lowest BCUT2D eigenvalue weighted by Gasteiger charge is -2.21. The summed E-state index contributed by atoms with van der Waals surface area (Å²) >= 11 is 0. The lowest BCUT2D eigenvalue weighted by Crippen LogP contribution is -2.32. The van der Waals surface area contributed by atoms with Crippen molar-refractivity contribution < 1.29 is 10.2 Å². The molecule has 1 heterocycles. The van der Waals surface area contributed by atoms with Crippen LogP contribution in [0.3, 0.4) is 0 Å². The molecule has 0 saturated carbocycles. The number of phenolic OH excluding ortho intramolecular Hbond substituents is 2. The molecule has 0 aliphatic carbocycles. The molecule has 1 aromatic carbocycles. The Hall–Kier alpha value is -2.01. The van der Waals surface area contributed by atoms with E-state index < -0.39 is 0 Å². The van der Waals surface area contributed by atoms with Crippen LogP contribution in [0.4, 0.5) is 0 Å². The topological polar surface area (TPSA) is 70.3 Å². The standard InChI is InChI=1S/C14H19N3O2/c1-10(9-17-8-4-7-15-17)16-11(2)14-12(18)5-3-6-13(14)19/h3-8,10-11,16,18-19H,9H2,1-2H3. The molecule has 5 nitrogen and oxygen atoms in total. The Bertz CT molecular complexity index is 505. The Morgan fingerprint density at radius 3 is 2.47 bits per heavy atom. The van der Waals surface area contributed by atoms with Crippen molar-refractivity contribution >= 4 is 0 Å². The van der Waals surface area contributed by atoms with E-state index in [0.717, 1.165) is 6.54 Å². The van der Waals surface area contributed by atoms with Crippen molar-refractivity contribution in [2.24, 2.45) is 0 Å². The van der Waals surface area contributed by atoms with E-state index in [9.17, 15) is 10.2 Å². The molecule has 2 atom stereocenters. The van der Waals surface area contributed by atoms with Crippen LogP contribution in [0.15, 0.2) is 36.7 Å². The van der Waals surface area contributed by atoms with Crippen LogP contribution in [0.2, 0.25) is 0 Å². The number of aromatic nitrogens is 2. The van der Waals surface area contributed by atoms with Gasteiger partial charge >= 0.3 is 0 Å². The van der Waals surface area contributed by atoms with Crippen molar-refractivity contribution in [3.05, 3.63) is 42.2 Å². The number of hydrogen-bond acceptors (Lipinski definition) is 4. The highest BCUT2D eigenvalue weighted by Gasteiger charge is 2.16. The monoisotopic (exact) mass is 261 g/mol. The van der Waals surface area contributed by atoms with Gasteiger partial charge in [0.2, 0.25) is 0 Å². The van der Waals surface area contributed by atoms with Gasteiger partial charge in [-0.3, -0.25) is 4.68 Å². The number of hydrogen-bond donors (Lipinski definition) is 3. The highest BCUT2D eigenvalue weighted by atomic mass is 16.3. The van der Waals surface area contributed by atoms with Crippen molar-refractivity contribution in [2.45, 2.75) is 32.5 Å². The van der Waals surface area contributed by atoms with E-state index in [1.54, 1.807) is 24.4 Å². The second kappa shape index (κ2) is 5.75. The molecule has 0 saturated heterocycles. The maximum Gasteiger partial charge on any atom is 0.124 e. The van der Waals surface area contributed by atoms with Gasteiger partial charge in [-0.2, -0.15) is 5.10 Å². The van der Waals surface area contributed by atoms with Gasteiger partial charge in [-0.05, 0) is 32.0 Å². The van der Waals surface area contributed by atoms with Crippen molar-refractivity contribution in [3.63, 3.8) is 0 Å². The number of nitrogens with zero attached hydrogens (tertiary/aromatic N) is 2. The molecule has 102 valence electrons. The third-order valence-electron chi connectivity index (χ3n) is 3.05. The van der Waals surface area contributed by atoms with E-state index in [2.05, 4.69) is 10.4 Å². The Morgan fingerprint density at radius 1 is 1.21 bits per heavy atom. The zero-order valence-electron chi connectivity index (χ0n) is 11.1. The molecule has 2 unspecified atom stereocenters. The minimum absolute atomic E-state index is 0.103. The van der Waals surface area contributed by atoms with Crippen LogP contribution < -0.4 is 5.32 Å². The summed E-state index contributed by atoms with van der Waals surface area (Å²) in [5, 5.41) is 27.1. The molecule has 2 rings (SSSR count). The minimum atomic E-state index is -0.147. The number of benzene rings is 1. The zero-order valence-corrected chi connectivity index (χ0v) is 11.1. The highest BCUT2D eigenvalue weighted by Crippen LogP contribution is 2.32. The maximum absolute atomic E-state index is 9.81. The molecule has 2 aromatic rings. The van der Waals surface area contributed by atoms with Crippen molar-refractivity contribution in [1.29, 1.82) is 0 Å². The van der Waals surface area contributed by atoms with Crippen LogP contribution in [0.5, 0.6) is 11.5 Å². The first-order valence-corrected chi connectivity index (χ1v) is 6.32. The molecular weight excluding hydrogens is 242 g/mol. The first-order valence-electron chi connectivity index (χ1n) is 6.32. The summed E-state index contributed by atoms with van der Waals surface area (Å²) < 4.78 is 1.84. The van der Waals surface area contributed by atoms with Crippen molar-refractivity contribution in [3.8, 4) is 11.5 Å². The number of nitrogens with one attached hydrogen (secondary N) is 1. The first kappa shape index (κ1) is 13.4. The van der Waals surface area contributed by atoms with Gasteiger partial charge in [0.15, 0.2) is 0 Å².